The SMILES string of the molecule is COc1ccc(-n2c(C)cc(/C=C(/C#N)C(=O)NCCCN3CCOCC3)c2C)cc1. The van der Waals surface area contributed by atoms with Gasteiger partial charge in [-0.05, 0) is 68.8 Å². The van der Waals surface area contributed by atoms with E-state index in [2.05, 4.69) is 14.8 Å². The maximum absolute atomic E-state index is 12.5. The summed E-state index contributed by atoms with van der Waals surface area (Å²) >= 11 is 0. The standard InChI is InChI=1S/C24H30N4O3/c1-18-15-20(19(2)28(18)22-5-7-23(30-3)8-6-22)16-21(17-25)24(29)26-9-4-10-27-11-13-31-14-12-27/h5-8,15-16H,4,9-14H2,1-3H3,(H,26,29)/b21-16-. The lowest BCUT2D eigenvalue weighted by Crippen LogP contribution is -2.38. The molecule has 1 aromatic heterocycles. The highest BCUT2D eigenvalue weighted by atomic mass is 16.5. The first-order chi connectivity index (χ1) is 15.0. The van der Waals surface area contributed by atoms with Crippen molar-refractivity contribution in [2.45, 2.75) is 20.3 Å². The van der Waals surface area contributed by atoms with Crippen LogP contribution in [-0.2, 0) is 9.53 Å². The molecule has 1 fully saturated rings. The first-order valence-electron chi connectivity index (χ1n) is 10.6. The van der Waals surface area contributed by atoms with Crippen LogP contribution in [-0.4, -0.2) is 61.9 Å². The smallest absolute Gasteiger partial charge is 0.261 e. The first-order valence-corrected chi connectivity index (χ1v) is 10.6. The number of nitriles is 1. The number of methoxy groups -OCH3 is 1. The molecule has 3 rings (SSSR count). The van der Waals surface area contributed by atoms with Crippen molar-refractivity contribution in [2.75, 3.05) is 46.5 Å². The minimum atomic E-state index is -0.335. The molecule has 0 atom stereocenters. The first kappa shape index (κ1) is 22.6. The second-order valence-corrected chi connectivity index (χ2v) is 7.59. The number of carbonyl (C=O) groups is 1. The average Bonchev–Trinajstić information content (AvgIpc) is 3.08. The number of ether oxygens (including phenoxy) is 2. The Morgan fingerprint density at radius 3 is 2.61 bits per heavy atom. The van der Waals surface area contributed by atoms with E-state index in [1.54, 1.807) is 13.2 Å². The van der Waals surface area contributed by atoms with Gasteiger partial charge in [-0.25, -0.2) is 0 Å². The minimum Gasteiger partial charge on any atom is -0.497 e. The van der Waals surface area contributed by atoms with Crippen molar-refractivity contribution in [2.24, 2.45) is 0 Å². The molecule has 0 aliphatic carbocycles. The molecule has 2 heterocycles. The highest BCUT2D eigenvalue weighted by Gasteiger charge is 2.14. The van der Waals surface area contributed by atoms with Gasteiger partial charge in [-0.15, -0.1) is 0 Å². The minimum absolute atomic E-state index is 0.112. The lowest BCUT2D eigenvalue weighted by Gasteiger charge is -2.26. The van der Waals surface area contributed by atoms with E-state index in [9.17, 15) is 10.1 Å². The summed E-state index contributed by atoms with van der Waals surface area (Å²) in [7, 11) is 1.64. The molecule has 1 amide bonds. The summed E-state index contributed by atoms with van der Waals surface area (Å²) in [5.41, 5.74) is 3.96. The van der Waals surface area contributed by atoms with Crippen LogP contribution in [0.15, 0.2) is 35.9 Å². The molecular formula is C24H30N4O3. The molecule has 1 N–H and O–H groups in total. The van der Waals surface area contributed by atoms with Gasteiger partial charge in [0.2, 0.25) is 0 Å². The fraction of sp³-hybridized carbons (Fsp3) is 0.417. The van der Waals surface area contributed by atoms with Crippen molar-refractivity contribution in [1.82, 2.24) is 14.8 Å². The van der Waals surface area contributed by atoms with E-state index in [0.717, 1.165) is 67.7 Å². The van der Waals surface area contributed by atoms with Crippen LogP contribution in [0.3, 0.4) is 0 Å². The summed E-state index contributed by atoms with van der Waals surface area (Å²) in [5.74, 6) is 0.460. The number of morpholine rings is 1. The van der Waals surface area contributed by atoms with Gasteiger partial charge in [-0.1, -0.05) is 0 Å². The van der Waals surface area contributed by atoms with E-state index in [1.165, 1.54) is 0 Å². The molecule has 164 valence electrons. The molecule has 0 spiro atoms. The van der Waals surface area contributed by atoms with Crippen LogP contribution < -0.4 is 10.1 Å². The summed E-state index contributed by atoms with van der Waals surface area (Å²) < 4.78 is 12.7. The summed E-state index contributed by atoms with van der Waals surface area (Å²) in [6.45, 7) is 8.84. The van der Waals surface area contributed by atoms with Crippen molar-refractivity contribution < 1.29 is 14.3 Å². The monoisotopic (exact) mass is 422 g/mol. The van der Waals surface area contributed by atoms with Gasteiger partial charge >= 0.3 is 0 Å². The molecule has 7 heteroatoms. The van der Waals surface area contributed by atoms with Gasteiger partial charge in [0.1, 0.15) is 17.4 Å². The van der Waals surface area contributed by atoms with Crippen molar-refractivity contribution >= 4 is 12.0 Å². The van der Waals surface area contributed by atoms with E-state index in [0.29, 0.717) is 6.54 Å². The van der Waals surface area contributed by atoms with E-state index >= 15 is 0 Å². The third-order valence-corrected chi connectivity index (χ3v) is 5.51. The maximum Gasteiger partial charge on any atom is 0.261 e. The van der Waals surface area contributed by atoms with E-state index in [-0.39, 0.29) is 11.5 Å². The summed E-state index contributed by atoms with van der Waals surface area (Å²) in [4.78, 5) is 14.8. The molecule has 0 bridgehead atoms. The van der Waals surface area contributed by atoms with E-state index in [4.69, 9.17) is 9.47 Å². The highest BCUT2D eigenvalue weighted by Crippen LogP contribution is 2.24. The molecule has 1 aromatic carbocycles. The largest absolute Gasteiger partial charge is 0.497 e. The van der Waals surface area contributed by atoms with Crippen LogP contribution in [0.5, 0.6) is 5.75 Å². The Hall–Kier alpha value is -3.08. The number of nitrogens with zero attached hydrogens (tertiary/aromatic N) is 3. The number of aryl methyl sites for hydroxylation is 1. The van der Waals surface area contributed by atoms with Crippen molar-refractivity contribution in [3.63, 3.8) is 0 Å². The Morgan fingerprint density at radius 2 is 1.97 bits per heavy atom. The van der Waals surface area contributed by atoms with Gasteiger partial charge in [0.05, 0.1) is 20.3 Å². The molecule has 1 saturated heterocycles. The zero-order chi connectivity index (χ0) is 22.2. The number of benzene rings is 1. The lowest BCUT2D eigenvalue weighted by atomic mass is 10.1. The molecule has 1 aliphatic heterocycles. The molecule has 1 aliphatic rings. The molecule has 7 nitrogen and oxygen atoms in total. The molecule has 0 radical (unpaired) electrons. The van der Waals surface area contributed by atoms with Gasteiger partial charge in [-0.2, -0.15) is 5.26 Å². The molecule has 2 aromatic rings. The predicted molar refractivity (Wildman–Crippen MR) is 120 cm³/mol. The third kappa shape index (κ3) is 5.75. The van der Waals surface area contributed by atoms with Gasteiger partial charge in [0.25, 0.3) is 5.91 Å². The Kier molecular flexibility index (Phi) is 7.88. The van der Waals surface area contributed by atoms with E-state index in [1.807, 2.05) is 50.2 Å². The van der Waals surface area contributed by atoms with Crippen LogP contribution in [0.1, 0.15) is 23.4 Å². The topological polar surface area (TPSA) is 79.5 Å². The molecule has 0 unspecified atom stereocenters. The zero-order valence-corrected chi connectivity index (χ0v) is 18.5. The predicted octanol–water partition coefficient (Wildman–Crippen LogP) is 2.85. The van der Waals surface area contributed by atoms with Crippen molar-refractivity contribution in [1.29, 1.82) is 5.26 Å². The van der Waals surface area contributed by atoms with Crippen LogP contribution in [0.2, 0.25) is 0 Å². The van der Waals surface area contributed by atoms with Crippen LogP contribution in [0.25, 0.3) is 11.8 Å². The second kappa shape index (κ2) is 10.8. The molecule has 0 saturated carbocycles. The van der Waals surface area contributed by atoms with Gasteiger partial charge in [-0.3, -0.25) is 9.69 Å². The Morgan fingerprint density at radius 1 is 1.26 bits per heavy atom. The Labute approximate surface area is 183 Å². The number of rotatable bonds is 8. The third-order valence-electron chi connectivity index (χ3n) is 5.51. The van der Waals surface area contributed by atoms with E-state index < -0.39 is 0 Å². The van der Waals surface area contributed by atoms with Crippen molar-refractivity contribution in [3.8, 4) is 17.5 Å². The van der Waals surface area contributed by atoms with Crippen LogP contribution in [0, 0.1) is 25.2 Å². The van der Waals surface area contributed by atoms with Crippen LogP contribution >= 0.6 is 0 Å². The summed E-state index contributed by atoms with van der Waals surface area (Å²) in [6.07, 6.45) is 2.51. The summed E-state index contributed by atoms with van der Waals surface area (Å²) in [5, 5.41) is 12.4. The highest BCUT2D eigenvalue weighted by molar-refractivity contribution is 6.01. The van der Waals surface area contributed by atoms with Crippen LogP contribution in [0.4, 0.5) is 0 Å². The number of hydrogen-bond donors (Lipinski definition) is 1. The van der Waals surface area contributed by atoms with Gasteiger partial charge < -0.3 is 19.4 Å². The lowest BCUT2D eigenvalue weighted by molar-refractivity contribution is -0.117. The Balaban J connectivity index is 1.65. The number of amides is 1. The molecule has 31 heavy (non-hydrogen) atoms. The maximum atomic E-state index is 12.5. The number of hydrogen-bond acceptors (Lipinski definition) is 5. The van der Waals surface area contributed by atoms with Crippen molar-refractivity contribution in [3.05, 3.63) is 52.9 Å². The number of nitrogens with one attached hydrogen (secondary N) is 1. The molecular weight excluding hydrogens is 392 g/mol. The second-order valence-electron chi connectivity index (χ2n) is 7.59. The summed E-state index contributed by atoms with van der Waals surface area (Å²) in [6, 6.07) is 11.8. The normalized spacial score (nSPS) is 14.8. The number of aromatic nitrogens is 1. The van der Waals surface area contributed by atoms with Gasteiger partial charge in [0, 0.05) is 36.7 Å². The number of carbonyl (C=O) groups excluding carboxylic acids is 1. The quantitative estimate of drug-likeness (QED) is 0.402. The average molecular weight is 423 g/mol. The fourth-order valence-corrected chi connectivity index (χ4v) is 3.79. The zero-order valence-electron chi connectivity index (χ0n) is 18.5. The Bertz CT molecular complexity index is 964. The van der Waals surface area contributed by atoms with Gasteiger partial charge in [0.15, 0.2) is 0 Å². The fourth-order valence-electron chi connectivity index (χ4n) is 3.79.